The number of nitrogens with zero attached hydrogens (tertiary/aromatic N) is 2. The lowest BCUT2D eigenvalue weighted by Gasteiger charge is -2.27. The molecule has 1 aliphatic rings. The molecule has 1 fully saturated rings. The summed E-state index contributed by atoms with van der Waals surface area (Å²) in [5.74, 6) is -1.04. The quantitative estimate of drug-likeness (QED) is 0.751. The Kier molecular flexibility index (Phi) is 5.68. The number of thiazole rings is 1. The van der Waals surface area contributed by atoms with Crippen LogP contribution in [0.1, 0.15) is 26.0 Å². The predicted octanol–water partition coefficient (Wildman–Crippen LogP) is 3.04. The van der Waals surface area contributed by atoms with E-state index < -0.39 is 18.1 Å². The number of esters is 1. The largest absolute Gasteiger partial charge is 0.480 e. The second-order valence-corrected chi connectivity index (χ2v) is 7.68. The first-order chi connectivity index (χ1) is 12.5. The molecule has 1 saturated heterocycles. The number of hydrogen-bond acceptors (Lipinski definition) is 6. The summed E-state index contributed by atoms with van der Waals surface area (Å²) >= 11 is 1.49. The van der Waals surface area contributed by atoms with Crippen molar-refractivity contribution in [2.24, 2.45) is 5.92 Å². The van der Waals surface area contributed by atoms with Gasteiger partial charge in [0.15, 0.2) is 0 Å². The van der Waals surface area contributed by atoms with Gasteiger partial charge in [-0.15, -0.1) is 11.3 Å². The minimum atomic E-state index is -0.966. The van der Waals surface area contributed by atoms with E-state index in [9.17, 15) is 14.7 Å². The van der Waals surface area contributed by atoms with Crippen molar-refractivity contribution in [2.75, 3.05) is 6.73 Å². The summed E-state index contributed by atoms with van der Waals surface area (Å²) in [7, 11) is 0. The highest BCUT2D eigenvalue weighted by atomic mass is 32.1. The Labute approximate surface area is 156 Å². The third-order valence-electron chi connectivity index (χ3n) is 4.38. The van der Waals surface area contributed by atoms with Crippen molar-refractivity contribution in [1.29, 1.82) is 0 Å². The molecule has 0 radical (unpaired) electrons. The number of aliphatic carboxylic acids is 1. The van der Waals surface area contributed by atoms with Crippen LogP contribution in [0.3, 0.4) is 0 Å². The fourth-order valence-corrected chi connectivity index (χ4v) is 3.94. The van der Waals surface area contributed by atoms with Crippen molar-refractivity contribution in [1.82, 2.24) is 9.88 Å². The minimum absolute atomic E-state index is 0.0167. The second-order valence-electron chi connectivity index (χ2n) is 6.82. The fourth-order valence-electron chi connectivity index (χ4n) is 3.10. The average molecular weight is 374 g/mol. The van der Waals surface area contributed by atoms with E-state index in [1.165, 1.54) is 11.3 Å². The van der Waals surface area contributed by atoms with Crippen molar-refractivity contribution >= 4 is 23.3 Å². The smallest absolute Gasteiger partial charge is 0.324 e. The van der Waals surface area contributed by atoms with Crippen LogP contribution in [-0.4, -0.2) is 45.7 Å². The lowest BCUT2D eigenvalue weighted by molar-refractivity contribution is -0.144. The van der Waals surface area contributed by atoms with Crippen molar-refractivity contribution < 1.29 is 19.4 Å². The number of cyclic esters (lactones) is 1. The Bertz CT molecular complexity index is 775. The molecule has 2 atom stereocenters. The number of carbonyl (C=O) groups excluding carboxylic acids is 1. The summed E-state index contributed by atoms with van der Waals surface area (Å²) in [6.45, 7) is 4.03. The average Bonchev–Trinajstić information content (AvgIpc) is 3.21. The van der Waals surface area contributed by atoms with Crippen LogP contribution in [0.15, 0.2) is 35.7 Å². The van der Waals surface area contributed by atoms with Gasteiger partial charge in [0.2, 0.25) is 0 Å². The molecule has 0 amide bonds. The zero-order valence-corrected chi connectivity index (χ0v) is 15.6. The Morgan fingerprint density at radius 3 is 2.77 bits per heavy atom. The van der Waals surface area contributed by atoms with Crippen molar-refractivity contribution in [3.05, 3.63) is 41.4 Å². The summed E-state index contributed by atoms with van der Waals surface area (Å²) in [6.07, 6.45) is 0.818. The molecule has 2 aromatic rings. The van der Waals surface area contributed by atoms with Crippen LogP contribution in [0.25, 0.3) is 10.6 Å². The molecule has 1 aromatic carbocycles. The maximum Gasteiger partial charge on any atom is 0.324 e. The van der Waals surface area contributed by atoms with Gasteiger partial charge in [0, 0.05) is 17.4 Å². The molecule has 3 rings (SSSR count). The van der Waals surface area contributed by atoms with Gasteiger partial charge in [-0.3, -0.25) is 9.59 Å². The molecular formula is C19H22N2O4S. The molecule has 0 spiro atoms. The van der Waals surface area contributed by atoms with Crippen molar-refractivity contribution in [3.8, 4) is 10.6 Å². The molecule has 0 bridgehead atoms. The van der Waals surface area contributed by atoms with Gasteiger partial charge >= 0.3 is 11.9 Å². The van der Waals surface area contributed by atoms with E-state index in [0.717, 1.165) is 10.6 Å². The lowest BCUT2D eigenvalue weighted by Crippen LogP contribution is -2.47. The highest BCUT2D eigenvalue weighted by molar-refractivity contribution is 7.13. The Balaban J connectivity index is 1.78. The molecule has 6 nitrogen and oxygen atoms in total. The minimum Gasteiger partial charge on any atom is -0.480 e. The number of carboxylic acid groups (broad SMARTS) is 1. The van der Waals surface area contributed by atoms with E-state index in [-0.39, 0.29) is 25.0 Å². The summed E-state index contributed by atoms with van der Waals surface area (Å²) in [5, 5.41) is 12.5. The molecular weight excluding hydrogens is 352 g/mol. The zero-order chi connectivity index (χ0) is 18.7. The molecule has 2 unspecified atom stereocenters. The fraction of sp³-hybridized carbons (Fsp3) is 0.421. The first-order valence-electron chi connectivity index (χ1n) is 8.60. The molecule has 0 saturated carbocycles. The number of hydrogen-bond donors (Lipinski definition) is 1. The van der Waals surface area contributed by atoms with Gasteiger partial charge < -0.3 is 9.84 Å². The van der Waals surface area contributed by atoms with Crippen LogP contribution in [-0.2, 0) is 20.7 Å². The number of carbonyl (C=O) groups is 2. The van der Waals surface area contributed by atoms with E-state index in [1.54, 1.807) is 4.90 Å². The molecule has 26 heavy (non-hydrogen) atoms. The first-order valence-corrected chi connectivity index (χ1v) is 9.48. The van der Waals surface area contributed by atoms with Gasteiger partial charge in [-0.1, -0.05) is 44.2 Å². The Morgan fingerprint density at radius 1 is 1.38 bits per heavy atom. The van der Waals surface area contributed by atoms with Crippen molar-refractivity contribution in [2.45, 2.75) is 38.8 Å². The molecule has 138 valence electrons. The van der Waals surface area contributed by atoms with Crippen molar-refractivity contribution in [3.63, 3.8) is 0 Å². The van der Waals surface area contributed by atoms with E-state index in [2.05, 4.69) is 4.98 Å². The van der Waals surface area contributed by atoms with E-state index in [0.29, 0.717) is 12.1 Å². The molecule has 7 heteroatoms. The molecule has 0 aliphatic carbocycles. The standard InChI is InChI=1S/C19H22N2O4S/c1-12(2)8-16-19(24)25-11-21(16)15(18(22)23)9-14-10-26-17(20-14)13-6-4-3-5-7-13/h3-7,10,12,15-16H,8-9,11H2,1-2H3,(H,22,23). The van der Waals surface area contributed by atoms with E-state index >= 15 is 0 Å². The number of benzene rings is 1. The number of ether oxygens (including phenoxy) is 1. The van der Waals surface area contributed by atoms with Gasteiger partial charge in [0.1, 0.15) is 23.8 Å². The summed E-state index contributed by atoms with van der Waals surface area (Å²) in [5.41, 5.74) is 1.72. The maximum absolute atomic E-state index is 12.0. The van der Waals surface area contributed by atoms with E-state index in [4.69, 9.17) is 4.74 Å². The van der Waals surface area contributed by atoms with Gasteiger partial charge in [0.25, 0.3) is 0 Å². The predicted molar refractivity (Wildman–Crippen MR) is 98.7 cm³/mol. The zero-order valence-electron chi connectivity index (χ0n) is 14.8. The summed E-state index contributed by atoms with van der Waals surface area (Å²) in [6, 6.07) is 8.43. The molecule has 1 N–H and O–H groups in total. The number of rotatable bonds is 7. The van der Waals surface area contributed by atoms with Gasteiger partial charge in [0.05, 0.1) is 5.69 Å². The van der Waals surface area contributed by atoms with Gasteiger partial charge in [-0.25, -0.2) is 9.88 Å². The van der Waals surface area contributed by atoms with E-state index in [1.807, 2.05) is 49.6 Å². The first kappa shape index (κ1) is 18.5. The second kappa shape index (κ2) is 7.97. The highest BCUT2D eigenvalue weighted by Gasteiger charge is 2.42. The molecule has 2 heterocycles. The normalized spacial score (nSPS) is 18.9. The van der Waals surface area contributed by atoms with Crippen LogP contribution >= 0.6 is 11.3 Å². The van der Waals surface area contributed by atoms with Crippen LogP contribution in [0.2, 0.25) is 0 Å². The third-order valence-corrected chi connectivity index (χ3v) is 5.32. The molecule has 1 aromatic heterocycles. The van der Waals surface area contributed by atoms with Gasteiger partial charge in [-0.05, 0) is 12.3 Å². The number of carboxylic acids is 1. The Morgan fingerprint density at radius 2 is 2.12 bits per heavy atom. The SMILES string of the molecule is CC(C)CC1C(=O)OCN1C(Cc1csc(-c2ccccc2)n1)C(=O)O. The lowest BCUT2D eigenvalue weighted by atomic mass is 10.0. The highest BCUT2D eigenvalue weighted by Crippen LogP contribution is 2.27. The van der Waals surface area contributed by atoms with Crippen LogP contribution in [0.4, 0.5) is 0 Å². The van der Waals surface area contributed by atoms with Crippen LogP contribution in [0.5, 0.6) is 0 Å². The topological polar surface area (TPSA) is 79.7 Å². The Hall–Kier alpha value is -2.25. The van der Waals surface area contributed by atoms with Crippen LogP contribution < -0.4 is 0 Å². The molecule has 1 aliphatic heterocycles. The summed E-state index contributed by atoms with van der Waals surface area (Å²) < 4.78 is 5.13. The number of aromatic nitrogens is 1. The van der Waals surface area contributed by atoms with Crippen LogP contribution in [0, 0.1) is 5.92 Å². The maximum atomic E-state index is 12.0. The van der Waals surface area contributed by atoms with Gasteiger partial charge in [-0.2, -0.15) is 0 Å². The monoisotopic (exact) mass is 374 g/mol. The third kappa shape index (κ3) is 4.11. The summed E-state index contributed by atoms with van der Waals surface area (Å²) in [4.78, 5) is 30.1.